The number of ether oxygens (including phenoxy) is 1. The SMILES string of the molecule is ClC(Cl)Cl.O=C(O)OC(Cl)(Cl)Cl. The first-order valence-electron chi connectivity index (χ1n) is 2.06. The van der Waals surface area contributed by atoms with Crippen LogP contribution in [0.5, 0.6) is 0 Å². The fraction of sp³-hybridized carbons (Fsp3) is 0.667. The molecule has 12 heavy (non-hydrogen) atoms. The maximum absolute atomic E-state index is 9.54. The molecule has 0 heterocycles. The number of hydrogen-bond acceptors (Lipinski definition) is 2. The third kappa shape index (κ3) is 30.5. The summed E-state index contributed by atoms with van der Waals surface area (Å²) in [6, 6.07) is 0. The van der Waals surface area contributed by atoms with Crippen LogP contribution < -0.4 is 0 Å². The molecule has 0 radical (unpaired) electrons. The molecule has 0 amide bonds. The van der Waals surface area contributed by atoms with E-state index in [0.29, 0.717) is 0 Å². The number of alkyl halides is 6. The summed E-state index contributed by atoms with van der Waals surface area (Å²) >= 11 is 29.0. The summed E-state index contributed by atoms with van der Waals surface area (Å²) in [6.07, 6.45) is -1.62. The van der Waals surface area contributed by atoms with Gasteiger partial charge in [0, 0.05) is 0 Å². The molecular weight excluding hydrogens is 297 g/mol. The number of carboxylic acid groups (broad SMARTS) is 1. The van der Waals surface area contributed by atoms with Gasteiger partial charge in [0.05, 0.1) is 0 Å². The lowest BCUT2D eigenvalue weighted by molar-refractivity contribution is 0.0893. The molecule has 3 nitrogen and oxygen atoms in total. The molecule has 0 rings (SSSR count). The van der Waals surface area contributed by atoms with Crippen molar-refractivity contribution < 1.29 is 14.6 Å². The molecule has 0 bridgehead atoms. The van der Waals surface area contributed by atoms with E-state index in [1.807, 2.05) is 0 Å². The van der Waals surface area contributed by atoms with Gasteiger partial charge in [-0.2, -0.15) is 0 Å². The highest BCUT2D eigenvalue weighted by atomic mass is 35.6. The van der Waals surface area contributed by atoms with Gasteiger partial charge in [-0.3, -0.25) is 0 Å². The molecule has 1 N–H and O–H groups in total. The first kappa shape index (κ1) is 15.5. The number of carbonyl (C=O) groups is 1. The van der Waals surface area contributed by atoms with Gasteiger partial charge < -0.3 is 9.84 Å². The van der Waals surface area contributed by atoms with Crippen LogP contribution in [0.15, 0.2) is 0 Å². The molecule has 0 aliphatic heterocycles. The highest BCUT2D eigenvalue weighted by molar-refractivity contribution is 6.66. The molecule has 0 saturated carbocycles. The second-order valence-corrected chi connectivity index (χ2v) is 5.22. The summed E-state index contributed by atoms with van der Waals surface area (Å²) < 4.78 is 0.740. The van der Waals surface area contributed by atoms with E-state index in [1.165, 1.54) is 0 Å². The van der Waals surface area contributed by atoms with E-state index in [1.54, 1.807) is 0 Å². The lowest BCUT2D eigenvalue weighted by Crippen LogP contribution is -2.13. The minimum atomic E-state index is -2.16. The smallest absolute Gasteiger partial charge is 0.450 e. The van der Waals surface area contributed by atoms with Gasteiger partial charge in [-0.05, 0) is 34.8 Å². The van der Waals surface area contributed by atoms with Crippen LogP contribution in [0.1, 0.15) is 0 Å². The molecular formula is C3H2Cl6O3. The monoisotopic (exact) mass is 296 g/mol. The van der Waals surface area contributed by atoms with Crippen molar-refractivity contribution in [3.63, 3.8) is 0 Å². The van der Waals surface area contributed by atoms with Crippen molar-refractivity contribution in [3.05, 3.63) is 0 Å². The van der Waals surface area contributed by atoms with Crippen molar-refractivity contribution in [3.8, 4) is 0 Å². The number of hydrogen-bond donors (Lipinski definition) is 1. The number of halogens is 6. The van der Waals surface area contributed by atoms with E-state index < -0.39 is 14.4 Å². The maximum atomic E-state index is 9.54. The third-order valence-corrected chi connectivity index (χ3v) is 0.434. The fourth-order valence-corrected chi connectivity index (χ4v) is 0.297. The minimum Gasteiger partial charge on any atom is -0.450 e. The van der Waals surface area contributed by atoms with Crippen LogP contribution in [-0.4, -0.2) is 19.5 Å². The number of rotatable bonds is 0. The molecule has 0 unspecified atom stereocenters. The molecule has 0 aliphatic carbocycles. The largest absolute Gasteiger partial charge is 0.509 e. The van der Waals surface area contributed by atoms with Crippen molar-refractivity contribution in [2.24, 2.45) is 0 Å². The summed E-state index contributed by atoms with van der Waals surface area (Å²) in [6.45, 7) is 0. The van der Waals surface area contributed by atoms with Crippen molar-refractivity contribution >= 4 is 75.8 Å². The Kier molecular flexibility index (Phi) is 9.57. The van der Waals surface area contributed by atoms with Crippen LogP contribution in [0, 0.1) is 0 Å². The van der Waals surface area contributed by atoms with Crippen LogP contribution >= 0.6 is 69.6 Å². The highest BCUT2D eigenvalue weighted by Gasteiger charge is 2.24. The van der Waals surface area contributed by atoms with Crippen LogP contribution in [0.2, 0.25) is 0 Å². The topological polar surface area (TPSA) is 46.5 Å². The van der Waals surface area contributed by atoms with Gasteiger partial charge in [0.25, 0.3) is 0 Å². The summed E-state index contributed by atoms with van der Waals surface area (Å²) in [5, 5.41) is 7.77. The van der Waals surface area contributed by atoms with E-state index in [-0.39, 0.29) is 0 Å². The molecule has 0 spiro atoms. The Morgan fingerprint density at radius 3 is 1.50 bits per heavy atom. The van der Waals surface area contributed by atoms with Gasteiger partial charge in [-0.1, -0.05) is 34.8 Å². The molecule has 0 aliphatic rings. The van der Waals surface area contributed by atoms with Gasteiger partial charge in [-0.25, -0.2) is 4.79 Å². The second kappa shape index (κ2) is 7.42. The van der Waals surface area contributed by atoms with Crippen LogP contribution in [0.25, 0.3) is 0 Å². The van der Waals surface area contributed by atoms with Crippen LogP contribution in [0.3, 0.4) is 0 Å². The summed E-state index contributed by atoms with van der Waals surface area (Å²) in [4.78, 5) is 9.54. The van der Waals surface area contributed by atoms with Crippen LogP contribution in [-0.2, 0) is 4.74 Å². The predicted octanol–water partition coefficient (Wildman–Crippen LogP) is 4.00. The van der Waals surface area contributed by atoms with Crippen molar-refractivity contribution in [2.75, 3.05) is 0 Å². The van der Waals surface area contributed by atoms with E-state index in [0.717, 1.165) is 0 Å². The van der Waals surface area contributed by atoms with Gasteiger partial charge >= 0.3 is 10.1 Å². The lowest BCUT2D eigenvalue weighted by atomic mass is 11.3. The summed E-state index contributed by atoms with van der Waals surface area (Å²) in [7, 11) is 0. The third-order valence-electron chi connectivity index (χ3n) is 0.203. The van der Waals surface area contributed by atoms with E-state index >= 15 is 0 Å². The average molecular weight is 299 g/mol. The molecule has 0 atom stereocenters. The zero-order valence-corrected chi connectivity index (χ0v) is 9.64. The van der Waals surface area contributed by atoms with Gasteiger partial charge in [0.1, 0.15) is 0 Å². The average Bonchev–Trinajstić information content (AvgIpc) is 1.52. The first-order chi connectivity index (χ1) is 5.15. The van der Waals surface area contributed by atoms with Crippen molar-refractivity contribution in [2.45, 2.75) is 8.27 Å². The lowest BCUT2D eigenvalue weighted by Gasteiger charge is -2.06. The van der Waals surface area contributed by atoms with E-state index in [4.69, 9.17) is 74.7 Å². The Bertz CT molecular complexity index is 128. The molecule has 9 heteroatoms. The Morgan fingerprint density at radius 2 is 1.50 bits per heavy atom. The fourth-order valence-electron chi connectivity index (χ4n) is 0.0990. The molecule has 0 fully saturated rings. The highest BCUT2D eigenvalue weighted by Crippen LogP contribution is 2.26. The quantitative estimate of drug-likeness (QED) is 0.543. The first-order valence-corrected chi connectivity index (χ1v) is 4.50. The van der Waals surface area contributed by atoms with Crippen molar-refractivity contribution in [1.29, 1.82) is 0 Å². The Labute approximate surface area is 98.4 Å². The zero-order chi connectivity index (χ0) is 10.4. The predicted molar refractivity (Wildman–Crippen MR) is 50.7 cm³/mol. The molecule has 74 valence electrons. The van der Waals surface area contributed by atoms with E-state index in [2.05, 4.69) is 4.74 Å². The minimum absolute atomic E-state index is 0.750. The van der Waals surface area contributed by atoms with Gasteiger partial charge in [0.15, 0.2) is 4.30 Å². The molecule has 0 aromatic carbocycles. The Morgan fingerprint density at radius 1 is 1.25 bits per heavy atom. The standard InChI is InChI=1S/C2HCl3O3.CHCl3/c3-2(4,5)8-1(6)7;2-1(3)4/h(H,6,7);1H. The van der Waals surface area contributed by atoms with Crippen LogP contribution in [0.4, 0.5) is 4.79 Å². The van der Waals surface area contributed by atoms with Gasteiger partial charge in [0.2, 0.25) is 0 Å². The summed E-state index contributed by atoms with van der Waals surface area (Å²) in [5.74, 6) is 0. The maximum Gasteiger partial charge on any atom is 0.509 e. The van der Waals surface area contributed by atoms with Gasteiger partial charge in [-0.15, -0.1) is 0 Å². The summed E-state index contributed by atoms with van der Waals surface area (Å²) in [5.41, 5.74) is 0. The Balaban J connectivity index is 0. The van der Waals surface area contributed by atoms with E-state index in [9.17, 15) is 4.79 Å². The normalized spacial score (nSPS) is 10.2. The zero-order valence-electron chi connectivity index (χ0n) is 5.11. The molecule has 0 saturated heterocycles. The van der Waals surface area contributed by atoms with Crippen molar-refractivity contribution in [1.82, 2.24) is 0 Å². The second-order valence-electron chi connectivity index (χ2n) is 1.06. The molecule has 0 aromatic rings. The Hall–Kier alpha value is 1.01. The molecule has 0 aromatic heterocycles.